The summed E-state index contributed by atoms with van der Waals surface area (Å²) in [6.45, 7) is 11.0. The van der Waals surface area contributed by atoms with E-state index in [0.717, 1.165) is 0 Å². The molecule has 0 spiro atoms. The van der Waals surface area contributed by atoms with Crippen molar-refractivity contribution in [3.05, 3.63) is 0 Å². The van der Waals surface area contributed by atoms with Crippen LogP contribution in [-0.4, -0.2) is 42.9 Å². The van der Waals surface area contributed by atoms with Gasteiger partial charge in [0.15, 0.2) is 0 Å². The zero-order valence-electron chi connectivity index (χ0n) is 16.1. The maximum atomic E-state index is 12.5. The smallest absolute Gasteiger partial charge is 0.330 e. The van der Waals surface area contributed by atoms with Gasteiger partial charge in [-0.3, -0.25) is 14.1 Å². The molecule has 1 atom stereocenters. The van der Waals surface area contributed by atoms with Crippen molar-refractivity contribution < 1.29 is 32.0 Å². The van der Waals surface area contributed by atoms with E-state index in [1.54, 1.807) is 13.8 Å². The highest BCUT2D eigenvalue weighted by Crippen LogP contribution is 2.32. The first-order valence-electron chi connectivity index (χ1n) is 8.61. The largest absolute Gasteiger partial charge is 0.465 e. The predicted molar refractivity (Wildman–Crippen MR) is 94.6 cm³/mol. The topological polar surface area (TPSA) is 107 Å². The summed E-state index contributed by atoms with van der Waals surface area (Å²) in [6, 6.07) is 0. The van der Waals surface area contributed by atoms with E-state index < -0.39 is 33.2 Å². The molecule has 0 aromatic heterocycles. The van der Waals surface area contributed by atoms with Gasteiger partial charge in [-0.25, -0.2) is 0 Å². The van der Waals surface area contributed by atoms with Gasteiger partial charge >= 0.3 is 11.9 Å². The number of rotatable bonds is 11. The van der Waals surface area contributed by atoms with Gasteiger partial charge in [0, 0.05) is 0 Å². The molecule has 0 amide bonds. The van der Waals surface area contributed by atoms with E-state index in [1.165, 1.54) is 0 Å². The molecule has 148 valence electrons. The quantitative estimate of drug-likeness (QED) is 0.434. The van der Waals surface area contributed by atoms with Gasteiger partial charge in [-0.15, -0.1) is 0 Å². The van der Waals surface area contributed by atoms with Crippen LogP contribution >= 0.6 is 0 Å². The van der Waals surface area contributed by atoms with E-state index in [4.69, 9.17) is 9.47 Å². The number of hydrogen-bond acceptors (Lipinski definition) is 6. The lowest BCUT2D eigenvalue weighted by atomic mass is 9.93. The van der Waals surface area contributed by atoms with E-state index in [2.05, 4.69) is 0 Å². The van der Waals surface area contributed by atoms with Crippen molar-refractivity contribution in [3.63, 3.8) is 0 Å². The van der Waals surface area contributed by atoms with Crippen molar-refractivity contribution in [3.8, 4) is 0 Å². The molecule has 0 aromatic carbocycles. The molecule has 0 aliphatic rings. The highest BCUT2D eigenvalue weighted by Gasteiger charge is 2.54. The van der Waals surface area contributed by atoms with Crippen LogP contribution in [0.1, 0.15) is 60.8 Å². The maximum absolute atomic E-state index is 12.5. The summed E-state index contributed by atoms with van der Waals surface area (Å²) >= 11 is 0. The molecular weight excluding hydrogens is 348 g/mol. The van der Waals surface area contributed by atoms with Gasteiger partial charge in [-0.1, -0.05) is 41.5 Å². The molecular formula is C17H32O7S. The lowest BCUT2D eigenvalue weighted by molar-refractivity contribution is -0.155. The van der Waals surface area contributed by atoms with Crippen LogP contribution < -0.4 is 0 Å². The molecule has 0 fully saturated rings. The van der Waals surface area contributed by atoms with Crippen LogP contribution in [0.25, 0.3) is 0 Å². The fourth-order valence-corrected chi connectivity index (χ4v) is 3.37. The Kier molecular flexibility index (Phi) is 9.64. The van der Waals surface area contributed by atoms with Crippen molar-refractivity contribution in [2.45, 2.75) is 65.6 Å². The Bertz CT molecular complexity index is 537. The van der Waals surface area contributed by atoms with Crippen molar-refractivity contribution in [1.29, 1.82) is 0 Å². The second kappa shape index (κ2) is 10.1. The Morgan fingerprint density at radius 2 is 1.52 bits per heavy atom. The summed E-state index contributed by atoms with van der Waals surface area (Å²) in [6.07, 6.45) is -0.451. The van der Waals surface area contributed by atoms with Crippen molar-refractivity contribution in [2.24, 2.45) is 17.8 Å². The van der Waals surface area contributed by atoms with Gasteiger partial charge in [0.25, 0.3) is 10.1 Å². The van der Waals surface area contributed by atoms with Crippen molar-refractivity contribution in [2.75, 3.05) is 13.2 Å². The number of ether oxygens (including phenoxy) is 2. The minimum absolute atomic E-state index is 0.0207. The van der Waals surface area contributed by atoms with Gasteiger partial charge < -0.3 is 9.47 Å². The third-order valence-electron chi connectivity index (χ3n) is 3.54. The zero-order valence-corrected chi connectivity index (χ0v) is 16.9. The lowest BCUT2D eigenvalue weighted by Gasteiger charge is -2.29. The molecule has 0 rings (SSSR count). The Hall–Kier alpha value is -1.15. The fraction of sp³-hybridized carbons (Fsp3) is 0.882. The summed E-state index contributed by atoms with van der Waals surface area (Å²) in [4.78, 5) is 24.6. The average Bonchev–Trinajstić information content (AvgIpc) is 2.41. The molecule has 0 aliphatic heterocycles. The van der Waals surface area contributed by atoms with Gasteiger partial charge in [0.2, 0.25) is 4.75 Å². The molecule has 25 heavy (non-hydrogen) atoms. The van der Waals surface area contributed by atoms with Gasteiger partial charge in [0.1, 0.15) is 0 Å². The molecule has 0 saturated carbocycles. The predicted octanol–water partition coefficient (Wildman–Crippen LogP) is 2.84. The first-order chi connectivity index (χ1) is 11.3. The van der Waals surface area contributed by atoms with Crippen LogP contribution in [-0.2, 0) is 29.2 Å². The molecule has 0 aromatic rings. The SMILES string of the molecule is CC(C)CCOC(=O)C(CC(=O)OCC(C)C)(CC(C)C)S(=O)(=O)O. The van der Waals surface area contributed by atoms with Crippen LogP contribution in [0.3, 0.4) is 0 Å². The monoisotopic (exact) mass is 380 g/mol. The van der Waals surface area contributed by atoms with Crippen molar-refractivity contribution in [1.82, 2.24) is 0 Å². The molecule has 0 bridgehead atoms. The third kappa shape index (κ3) is 8.18. The number of carbonyl (C=O) groups excluding carboxylic acids is 2. The highest BCUT2D eigenvalue weighted by molar-refractivity contribution is 7.88. The van der Waals surface area contributed by atoms with E-state index in [0.29, 0.717) is 6.42 Å². The van der Waals surface area contributed by atoms with Crippen LogP contribution in [0.15, 0.2) is 0 Å². The van der Waals surface area contributed by atoms with E-state index in [-0.39, 0.29) is 37.4 Å². The average molecular weight is 381 g/mol. The van der Waals surface area contributed by atoms with Gasteiger partial charge in [-0.05, 0) is 30.6 Å². The number of esters is 2. The Balaban J connectivity index is 5.51. The Morgan fingerprint density at radius 3 is 1.92 bits per heavy atom. The molecule has 1 unspecified atom stereocenters. The fourth-order valence-electron chi connectivity index (χ4n) is 2.25. The molecule has 0 heterocycles. The summed E-state index contributed by atoms with van der Waals surface area (Å²) in [7, 11) is -4.88. The van der Waals surface area contributed by atoms with Gasteiger partial charge in [-0.2, -0.15) is 8.42 Å². The number of hydrogen-bond donors (Lipinski definition) is 1. The lowest BCUT2D eigenvalue weighted by Crippen LogP contribution is -2.50. The Morgan fingerprint density at radius 1 is 0.960 bits per heavy atom. The molecule has 1 N–H and O–H groups in total. The highest BCUT2D eigenvalue weighted by atomic mass is 32.2. The van der Waals surface area contributed by atoms with E-state index in [1.807, 2.05) is 27.7 Å². The second-order valence-electron chi connectivity index (χ2n) is 7.64. The Labute approximate surface area is 151 Å². The summed E-state index contributed by atoms with van der Waals surface area (Å²) < 4.78 is 41.6. The maximum Gasteiger partial charge on any atom is 0.330 e. The van der Waals surface area contributed by atoms with Crippen LogP contribution in [0.5, 0.6) is 0 Å². The molecule has 0 saturated heterocycles. The third-order valence-corrected chi connectivity index (χ3v) is 5.00. The van der Waals surface area contributed by atoms with Crippen LogP contribution in [0, 0.1) is 17.8 Å². The minimum Gasteiger partial charge on any atom is -0.465 e. The second-order valence-corrected chi connectivity index (χ2v) is 9.37. The molecule has 0 aliphatic carbocycles. The molecule has 0 radical (unpaired) electrons. The normalized spacial score (nSPS) is 14.6. The van der Waals surface area contributed by atoms with E-state index in [9.17, 15) is 22.6 Å². The first kappa shape index (κ1) is 23.9. The van der Waals surface area contributed by atoms with E-state index >= 15 is 0 Å². The number of carbonyl (C=O) groups is 2. The minimum atomic E-state index is -4.88. The summed E-state index contributed by atoms with van der Waals surface area (Å²) in [5, 5.41) is 0. The summed E-state index contributed by atoms with van der Waals surface area (Å²) in [5.41, 5.74) is 0. The molecule has 8 heteroatoms. The van der Waals surface area contributed by atoms with Crippen LogP contribution in [0.2, 0.25) is 0 Å². The first-order valence-corrected chi connectivity index (χ1v) is 10.1. The van der Waals surface area contributed by atoms with Crippen LogP contribution in [0.4, 0.5) is 0 Å². The standard InChI is InChI=1S/C17H32O7S/c1-12(2)7-8-23-16(19)17(9-13(3)4,25(20,21)22)10-15(18)24-11-14(5)6/h12-14H,7-11H2,1-6H3,(H,20,21,22). The van der Waals surface area contributed by atoms with Crippen molar-refractivity contribution >= 4 is 22.1 Å². The zero-order chi connectivity index (χ0) is 19.8. The summed E-state index contributed by atoms with van der Waals surface area (Å²) in [5.74, 6) is -1.91. The van der Waals surface area contributed by atoms with Gasteiger partial charge in [0.05, 0.1) is 19.6 Å². The molecule has 7 nitrogen and oxygen atoms in total.